The minimum Gasteiger partial charge on any atom is -0.477 e. The third-order valence-corrected chi connectivity index (χ3v) is 13.7. The Hall–Kier alpha value is -5.61. The van der Waals surface area contributed by atoms with Gasteiger partial charge in [-0.3, -0.25) is 9.59 Å². The van der Waals surface area contributed by atoms with Crippen LogP contribution < -0.4 is 0 Å². The van der Waals surface area contributed by atoms with Crippen LogP contribution in [0.15, 0.2) is 182 Å². The van der Waals surface area contributed by atoms with Crippen molar-refractivity contribution in [1.29, 1.82) is 0 Å². The van der Waals surface area contributed by atoms with E-state index in [9.17, 15) is 19.5 Å². The standard InChI is InChI=1S/C78H123NO8/c1-6-8-10-12-14-16-18-20-22-24-26-28-30-32-34-35-36-37-38-39-40-41-43-45-47-49-51-53-55-57-59-61-63-65-67-69-76(81)87-74(73-86-78(77(82)83)84-71-70-79(3,4)5)72-85-75(80)68-66-64-62-60-58-56-54-52-50-48-46-44-42-33-31-29-27-25-23-21-19-17-15-13-11-9-7-2/h8-11,14-17,20-23,26-29,32-34,36-37,39-40,42-43,45-46,48,52,54,74,78H,6-7,12-13,18-19,24-25,30-31,35,38,41,44,47,49-51,53,55-73H2,1-5H3/p+1/b10-8-,11-9-,16-14-,17-15-,22-20-,23-21-,28-26-,29-27-,34-32-,37-36-,40-39-,42-33-,45-43-,48-46-,54-52-. The number of carboxylic acids is 1. The molecule has 0 bridgehead atoms. The van der Waals surface area contributed by atoms with Gasteiger partial charge in [-0.1, -0.05) is 267 Å². The molecule has 1 N–H and O–H groups in total. The maximum absolute atomic E-state index is 12.9. The third-order valence-electron chi connectivity index (χ3n) is 13.7. The fourth-order valence-electron chi connectivity index (χ4n) is 8.54. The minimum absolute atomic E-state index is 0.173. The smallest absolute Gasteiger partial charge is 0.361 e. The lowest BCUT2D eigenvalue weighted by molar-refractivity contribution is -0.870. The molecule has 87 heavy (non-hydrogen) atoms. The average Bonchev–Trinajstić information content (AvgIpc) is 3.56. The molecular formula is C78H124NO8+. The Morgan fingerprint density at radius 3 is 0.920 bits per heavy atom. The molecule has 9 heteroatoms. The number of allylic oxidation sites excluding steroid dienone is 30. The SMILES string of the molecule is CC/C=C\C/C=C\C/C=C\C/C=C\C/C=C\C/C=C\C/C=C\C/C=C\CCCCCCCCCCCCC(=O)OC(COC(=O)CCCCCCC/C=C\C/C=C\C/C=C\C/C=C\C/C=C\C/C=C\C/C=C\CC)COC(OCC[N+](C)(C)C)C(=O)O. The van der Waals surface area contributed by atoms with Gasteiger partial charge in [-0.2, -0.15) is 0 Å². The monoisotopic (exact) mass is 1200 g/mol. The first-order valence-corrected chi connectivity index (χ1v) is 33.9. The Bertz CT molecular complexity index is 2080. The van der Waals surface area contributed by atoms with E-state index in [1.807, 2.05) is 21.1 Å². The molecule has 9 nitrogen and oxygen atoms in total. The Labute approximate surface area is 532 Å². The molecule has 0 saturated heterocycles. The molecule has 2 atom stereocenters. The molecule has 0 spiro atoms. The van der Waals surface area contributed by atoms with Gasteiger partial charge in [-0.25, -0.2) is 4.79 Å². The highest BCUT2D eigenvalue weighted by Crippen LogP contribution is 2.15. The number of carboxylic acid groups (broad SMARTS) is 1. The van der Waals surface area contributed by atoms with E-state index in [0.29, 0.717) is 23.9 Å². The quantitative estimate of drug-likeness (QED) is 0.0211. The second-order valence-corrected chi connectivity index (χ2v) is 23.0. The molecule has 0 heterocycles. The van der Waals surface area contributed by atoms with E-state index in [2.05, 4.69) is 196 Å². The summed E-state index contributed by atoms with van der Waals surface area (Å²) in [5.74, 6) is -2.06. The summed E-state index contributed by atoms with van der Waals surface area (Å²) >= 11 is 0. The number of carbonyl (C=O) groups excluding carboxylic acids is 2. The second-order valence-electron chi connectivity index (χ2n) is 23.0. The molecule has 0 radical (unpaired) electrons. The zero-order valence-corrected chi connectivity index (χ0v) is 55.6. The van der Waals surface area contributed by atoms with Gasteiger partial charge in [0.25, 0.3) is 6.29 Å². The summed E-state index contributed by atoms with van der Waals surface area (Å²) in [6.07, 6.45) is 98.4. The number of hydrogen-bond donors (Lipinski definition) is 1. The molecule has 0 aliphatic rings. The highest BCUT2D eigenvalue weighted by molar-refractivity contribution is 5.71. The first kappa shape index (κ1) is 81.4. The van der Waals surface area contributed by atoms with Crippen molar-refractivity contribution in [3.63, 3.8) is 0 Å². The number of nitrogens with zero attached hydrogens (tertiary/aromatic N) is 1. The van der Waals surface area contributed by atoms with Gasteiger partial charge in [0.05, 0.1) is 34.4 Å². The number of esters is 2. The van der Waals surface area contributed by atoms with Crippen molar-refractivity contribution in [2.24, 2.45) is 0 Å². The molecular weight excluding hydrogens is 1080 g/mol. The molecule has 488 valence electrons. The number of carbonyl (C=O) groups is 3. The molecule has 0 aliphatic heterocycles. The Balaban J connectivity index is 4.26. The summed E-state index contributed by atoms with van der Waals surface area (Å²) in [5, 5.41) is 9.74. The topological polar surface area (TPSA) is 108 Å². The van der Waals surface area contributed by atoms with Crippen molar-refractivity contribution in [2.45, 2.75) is 245 Å². The van der Waals surface area contributed by atoms with Crippen LogP contribution in [0.5, 0.6) is 0 Å². The van der Waals surface area contributed by atoms with Crippen LogP contribution >= 0.6 is 0 Å². The highest BCUT2D eigenvalue weighted by Gasteiger charge is 2.25. The number of hydrogen-bond acceptors (Lipinski definition) is 7. The molecule has 0 rings (SSSR count). The molecule has 0 aromatic heterocycles. The van der Waals surface area contributed by atoms with E-state index in [0.717, 1.165) is 154 Å². The van der Waals surface area contributed by atoms with E-state index in [1.165, 1.54) is 38.5 Å². The molecule has 0 aromatic rings. The van der Waals surface area contributed by atoms with Gasteiger partial charge >= 0.3 is 17.9 Å². The van der Waals surface area contributed by atoms with E-state index < -0.39 is 24.3 Å². The lowest BCUT2D eigenvalue weighted by Gasteiger charge is -2.25. The average molecular weight is 1200 g/mol. The number of quaternary nitrogens is 1. The zero-order chi connectivity index (χ0) is 63.3. The second kappa shape index (κ2) is 66.3. The van der Waals surface area contributed by atoms with Crippen molar-refractivity contribution >= 4 is 17.9 Å². The summed E-state index contributed by atoms with van der Waals surface area (Å²) in [6.45, 7) is 4.60. The number of unbranched alkanes of at least 4 members (excludes halogenated alkanes) is 15. The zero-order valence-electron chi connectivity index (χ0n) is 55.6. The van der Waals surface area contributed by atoms with Crippen LogP contribution in [0.3, 0.4) is 0 Å². The number of likely N-dealkylation sites (N-methyl/N-ethyl adjacent to an activating group) is 1. The maximum Gasteiger partial charge on any atom is 0.361 e. The van der Waals surface area contributed by atoms with Crippen LogP contribution in [0.1, 0.15) is 232 Å². The van der Waals surface area contributed by atoms with Crippen molar-refractivity contribution in [3.8, 4) is 0 Å². The van der Waals surface area contributed by atoms with Crippen molar-refractivity contribution < 1.29 is 42.9 Å². The predicted molar refractivity (Wildman–Crippen MR) is 372 cm³/mol. The van der Waals surface area contributed by atoms with Crippen LogP contribution in [-0.4, -0.2) is 87.4 Å². The largest absolute Gasteiger partial charge is 0.477 e. The third kappa shape index (κ3) is 67.8. The molecule has 0 saturated carbocycles. The highest BCUT2D eigenvalue weighted by atomic mass is 16.7. The fraction of sp³-hybridized carbons (Fsp3) is 0.577. The van der Waals surface area contributed by atoms with Gasteiger partial charge in [-0.15, -0.1) is 0 Å². The fourth-order valence-corrected chi connectivity index (χ4v) is 8.54. The maximum atomic E-state index is 12.9. The molecule has 0 aromatic carbocycles. The summed E-state index contributed by atoms with van der Waals surface area (Å²) < 4.78 is 22.9. The van der Waals surface area contributed by atoms with Crippen molar-refractivity contribution in [2.75, 3.05) is 47.5 Å². The van der Waals surface area contributed by atoms with E-state index in [1.54, 1.807) is 0 Å². The van der Waals surface area contributed by atoms with Gasteiger partial charge in [-0.05, 0) is 135 Å². The molecule has 0 fully saturated rings. The Morgan fingerprint density at radius 2 is 0.621 bits per heavy atom. The molecule has 0 amide bonds. The summed E-state index contributed by atoms with van der Waals surface area (Å²) in [6, 6.07) is 0. The number of ether oxygens (including phenoxy) is 4. The first-order valence-electron chi connectivity index (χ1n) is 33.9. The van der Waals surface area contributed by atoms with Crippen LogP contribution in [0.2, 0.25) is 0 Å². The van der Waals surface area contributed by atoms with Gasteiger partial charge < -0.3 is 28.5 Å². The Morgan fingerprint density at radius 1 is 0.345 bits per heavy atom. The first-order chi connectivity index (χ1) is 42.6. The summed E-state index contributed by atoms with van der Waals surface area (Å²) in [7, 11) is 5.95. The van der Waals surface area contributed by atoms with E-state index >= 15 is 0 Å². The predicted octanol–water partition coefficient (Wildman–Crippen LogP) is 21.2. The molecule has 2 unspecified atom stereocenters. The normalized spacial score (nSPS) is 13.9. The summed E-state index contributed by atoms with van der Waals surface area (Å²) in [5.41, 5.74) is 0. The van der Waals surface area contributed by atoms with Crippen LogP contribution in [0, 0.1) is 0 Å². The lowest BCUT2D eigenvalue weighted by Crippen LogP contribution is -2.40. The van der Waals surface area contributed by atoms with Crippen molar-refractivity contribution in [3.05, 3.63) is 182 Å². The van der Waals surface area contributed by atoms with Crippen LogP contribution in [0.4, 0.5) is 0 Å². The minimum atomic E-state index is -1.53. The Kier molecular flexibility index (Phi) is 62.1. The molecule has 0 aliphatic carbocycles. The van der Waals surface area contributed by atoms with Gasteiger partial charge in [0, 0.05) is 12.8 Å². The summed E-state index contributed by atoms with van der Waals surface area (Å²) in [4.78, 5) is 37.6. The number of aliphatic carboxylic acids is 1. The lowest BCUT2D eigenvalue weighted by atomic mass is 10.0. The van der Waals surface area contributed by atoms with Crippen LogP contribution in [-0.2, 0) is 33.3 Å². The van der Waals surface area contributed by atoms with E-state index in [4.69, 9.17) is 18.9 Å². The number of rotatable bonds is 60. The van der Waals surface area contributed by atoms with Crippen molar-refractivity contribution in [1.82, 2.24) is 0 Å². The van der Waals surface area contributed by atoms with E-state index in [-0.39, 0.29) is 38.6 Å². The van der Waals surface area contributed by atoms with Gasteiger partial charge in [0.15, 0.2) is 6.10 Å². The van der Waals surface area contributed by atoms with Gasteiger partial charge in [0.1, 0.15) is 13.2 Å². The van der Waals surface area contributed by atoms with Crippen LogP contribution in [0.25, 0.3) is 0 Å². The van der Waals surface area contributed by atoms with Gasteiger partial charge in [0.2, 0.25) is 0 Å².